The van der Waals surface area contributed by atoms with E-state index in [1.165, 1.54) is 5.56 Å². The zero-order valence-electron chi connectivity index (χ0n) is 36.4. The average Bonchev–Trinajstić information content (AvgIpc) is 3.59. The number of hydrogen-bond donors (Lipinski definition) is 1. The van der Waals surface area contributed by atoms with E-state index in [-0.39, 0.29) is 32.2 Å². The van der Waals surface area contributed by atoms with Crippen molar-refractivity contribution in [3.05, 3.63) is 168 Å². The van der Waals surface area contributed by atoms with Crippen molar-refractivity contribution < 1.29 is 28.9 Å². The Balaban J connectivity index is 0.00000544. The smallest absolute Gasteiger partial charge is 0.148 e. The number of pyridine rings is 1. The minimum atomic E-state index is -0.870. The van der Waals surface area contributed by atoms with Crippen LogP contribution in [0.15, 0.2) is 140 Å². The minimum absolute atomic E-state index is 0. The Hall–Kier alpha value is -5.57. The Bertz CT molecular complexity index is 2810. The van der Waals surface area contributed by atoms with Gasteiger partial charge in [0.25, 0.3) is 0 Å². The molecule has 0 saturated carbocycles. The predicted octanol–water partition coefficient (Wildman–Crippen LogP) is 14.1. The van der Waals surface area contributed by atoms with Gasteiger partial charge >= 0.3 is 0 Å². The second kappa shape index (κ2) is 16.4. The normalized spacial score (nSPS) is 12.6. The van der Waals surface area contributed by atoms with Gasteiger partial charge < -0.3 is 5.11 Å². The maximum absolute atomic E-state index is 11.3. The van der Waals surface area contributed by atoms with Crippen LogP contribution in [0.2, 0.25) is 0 Å². The third-order valence-electron chi connectivity index (χ3n) is 10.8. The van der Waals surface area contributed by atoms with Crippen LogP contribution in [-0.4, -0.2) is 19.6 Å². The SMILES string of the molecule is [2H]C(C)(C)c1cccc(C([2H])(C)C)c1-c1ccc(-n2c(-c3ccccc3O)nc3c(-c4[c-]c(-c5cc(-c6ccc(C)cc6)ccn5)cc(C(C)(C)C)c4)cccc32)cc1.[Pt]. The quantitative estimate of drug-likeness (QED) is 0.154. The molecule has 294 valence electrons. The molecule has 0 aliphatic rings. The summed E-state index contributed by atoms with van der Waals surface area (Å²) in [6.07, 6.45) is 1.87. The molecule has 0 fully saturated rings. The summed E-state index contributed by atoms with van der Waals surface area (Å²) in [7, 11) is 0. The molecule has 0 amide bonds. The van der Waals surface area contributed by atoms with Crippen LogP contribution >= 0.6 is 0 Å². The van der Waals surface area contributed by atoms with Gasteiger partial charge in [-0.05, 0) is 93.9 Å². The summed E-state index contributed by atoms with van der Waals surface area (Å²) in [5, 5.41) is 11.3. The van der Waals surface area contributed by atoms with Gasteiger partial charge in [0.2, 0.25) is 0 Å². The average molecular weight is 942 g/mol. The van der Waals surface area contributed by atoms with Crippen molar-refractivity contribution in [2.24, 2.45) is 0 Å². The summed E-state index contributed by atoms with van der Waals surface area (Å²) in [6, 6.07) is 48.7. The standard InChI is InChI=1S/C53H50N3O.Pt/c1-33(2)43-14-11-15-44(34(3)4)50(43)37-23-25-42(26-24-37)56-48-17-12-16-45(51(48)55-52(56)46-13-9-10-18-49(46)57)39-29-40(31-41(30-39)53(6,7)8)47-32-38(27-28-54-47)36-21-19-35(5)20-22-36;/h9-28,30-34,57H,1-8H3;/q-1;/i33D,34D;. The molecule has 1 N–H and O–H groups in total. The molecule has 5 heteroatoms. The van der Waals surface area contributed by atoms with Gasteiger partial charge in [-0.1, -0.05) is 150 Å². The summed E-state index contributed by atoms with van der Waals surface area (Å²) in [6.45, 7) is 16.3. The van der Waals surface area contributed by atoms with E-state index in [9.17, 15) is 5.11 Å². The van der Waals surface area contributed by atoms with Crippen molar-refractivity contribution in [2.45, 2.75) is 72.6 Å². The number of para-hydroxylation sites is 2. The van der Waals surface area contributed by atoms with E-state index >= 15 is 0 Å². The van der Waals surface area contributed by atoms with E-state index in [1.807, 2.05) is 76.4 Å². The number of aromatic nitrogens is 3. The molecule has 2 heterocycles. The zero-order valence-corrected chi connectivity index (χ0v) is 36.7. The number of phenols is 1. The Morgan fingerprint density at radius 2 is 1.29 bits per heavy atom. The molecular formula is C53H50N3OPt-. The first-order chi connectivity index (χ1) is 28.0. The minimum Gasteiger partial charge on any atom is -0.507 e. The molecule has 0 bridgehead atoms. The first-order valence-electron chi connectivity index (χ1n) is 20.6. The topological polar surface area (TPSA) is 50.9 Å². The number of benzene rings is 6. The number of rotatable bonds is 8. The molecule has 0 atom stereocenters. The molecule has 0 unspecified atom stereocenters. The summed E-state index contributed by atoms with van der Waals surface area (Å²) in [5.41, 5.74) is 14.8. The van der Waals surface area contributed by atoms with Crippen LogP contribution in [0.25, 0.3) is 72.7 Å². The second-order valence-electron chi connectivity index (χ2n) is 16.5. The first kappa shape index (κ1) is 38.0. The summed E-state index contributed by atoms with van der Waals surface area (Å²) in [4.78, 5) is 10.2. The van der Waals surface area contributed by atoms with Crippen LogP contribution in [0.5, 0.6) is 5.75 Å². The van der Waals surface area contributed by atoms with Gasteiger partial charge in [0.05, 0.1) is 16.6 Å². The number of phenolic OH excluding ortho intramolecular Hbond substituents is 1. The number of hydrogen-bond acceptors (Lipinski definition) is 3. The summed E-state index contributed by atoms with van der Waals surface area (Å²) in [5.74, 6) is -0.991. The van der Waals surface area contributed by atoms with Crippen LogP contribution in [0.3, 0.4) is 0 Å². The zero-order chi connectivity index (χ0) is 41.9. The predicted molar refractivity (Wildman–Crippen MR) is 238 cm³/mol. The monoisotopic (exact) mass is 941 g/mol. The van der Waals surface area contributed by atoms with Gasteiger partial charge in [-0.3, -0.25) is 9.55 Å². The molecule has 0 radical (unpaired) electrons. The first-order valence-corrected chi connectivity index (χ1v) is 19.6. The van der Waals surface area contributed by atoms with Crippen molar-refractivity contribution >= 4 is 11.0 Å². The van der Waals surface area contributed by atoms with Gasteiger partial charge in [-0.2, -0.15) is 0 Å². The van der Waals surface area contributed by atoms with E-state index < -0.39 is 11.8 Å². The van der Waals surface area contributed by atoms with E-state index in [2.05, 4.69) is 123 Å². The van der Waals surface area contributed by atoms with Crippen LogP contribution in [0.1, 0.15) is 85.2 Å². The van der Waals surface area contributed by atoms with Gasteiger partial charge in [-0.25, -0.2) is 4.98 Å². The van der Waals surface area contributed by atoms with Crippen molar-refractivity contribution in [1.82, 2.24) is 14.5 Å². The molecule has 58 heavy (non-hydrogen) atoms. The Labute approximate surface area is 360 Å². The molecular weight excluding hydrogens is 890 g/mol. The number of aryl methyl sites for hydroxylation is 1. The van der Waals surface area contributed by atoms with Crippen LogP contribution in [0.4, 0.5) is 0 Å². The summed E-state index contributed by atoms with van der Waals surface area (Å²) < 4.78 is 20.1. The molecule has 0 aliphatic carbocycles. The van der Waals surface area contributed by atoms with E-state index in [4.69, 9.17) is 12.7 Å². The third-order valence-corrected chi connectivity index (χ3v) is 10.8. The van der Waals surface area contributed by atoms with Crippen molar-refractivity contribution in [1.29, 1.82) is 0 Å². The third kappa shape index (κ3) is 7.83. The molecule has 0 aliphatic heterocycles. The molecule has 6 aromatic carbocycles. The molecule has 4 nitrogen and oxygen atoms in total. The summed E-state index contributed by atoms with van der Waals surface area (Å²) >= 11 is 0. The maximum atomic E-state index is 11.3. The Kier molecular flexibility index (Phi) is 10.7. The fourth-order valence-electron chi connectivity index (χ4n) is 7.68. The molecule has 8 aromatic rings. The maximum Gasteiger partial charge on any atom is 0.148 e. The number of aromatic hydroxyl groups is 1. The van der Waals surface area contributed by atoms with E-state index in [0.717, 1.165) is 78.0 Å². The van der Waals surface area contributed by atoms with Crippen LogP contribution in [-0.2, 0) is 26.5 Å². The van der Waals surface area contributed by atoms with Crippen molar-refractivity contribution in [3.63, 3.8) is 0 Å². The second-order valence-corrected chi connectivity index (χ2v) is 16.5. The molecule has 0 spiro atoms. The van der Waals surface area contributed by atoms with Gasteiger partial charge in [0.15, 0.2) is 0 Å². The van der Waals surface area contributed by atoms with E-state index in [1.54, 1.807) is 6.07 Å². The largest absolute Gasteiger partial charge is 0.507 e. The molecule has 8 rings (SSSR count). The molecule has 2 aromatic heterocycles. The number of imidazole rings is 1. The fraction of sp³-hybridized carbons (Fsp3) is 0.208. The van der Waals surface area contributed by atoms with Crippen molar-refractivity contribution in [2.75, 3.05) is 0 Å². The van der Waals surface area contributed by atoms with Crippen molar-refractivity contribution in [3.8, 4) is 67.5 Å². The van der Waals surface area contributed by atoms with Crippen LogP contribution in [0, 0.1) is 13.0 Å². The Morgan fingerprint density at radius 3 is 1.95 bits per heavy atom. The number of nitrogens with zero attached hydrogens (tertiary/aromatic N) is 3. The fourth-order valence-corrected chi connectivity index (χ4v) is 7.68. The molecule has 0 saturated heterocycles. The Morgan fingerprint density at radius 1 is 0.672 bits per heavy atom. The van der Waals surface area contributed by atoms with Gasteiger partial charge in [0.1, 0.15) is 11.6 Å². The number of fused-ring (bicyclic) bond motifs is 1. The van der Waals surface area contributed by atoms with Crippen LogP contribution < -0.4 is 0 Å². The van der Waals surface area contributed by atoms with Gasteiger partial charge in [-0.15, -0.1) is 29.3 Å². The van der Waals surface area contributed by atoms with Gasteiger partial charge in [0, 0.05) is 41.4 Å². The van der Waals surface area contributed by atoms with E-state index in [0.29, 0.717) is 11.4 Å².